The molecule has 6 atom stereocenters. The summed E-state index contributed by atoms with van der Waals surface area (Å²) >= 11 is 0. The van der Waals surface area contributed by atoms with Crippen molar-refractivity contribution in [2.45, 2.75) is 70.9 Å². The first-order valence-electron chi connectivity index (χ1n) is 10.6. The number of carbonyl (C=O) groups excluding carboxylic acids is 2. The van der Waals surface area contributed by atoms with E-state index >= 15 is 0 Å². The molecule has 0 aromatic heterocycles. The molecule has 0 radical (unpaired) electrons. The van der Waals surface area contributed by atoms with Gasteiger partial charge in [0.05, 0.1) is 16.8 Å². The first-order chi connectivity index (χ1) is 14.3. The Kier molecular flexibility index (Phi) is 5.97. The fraction of sp³-hybridized carbons (Fsp3) is 0.583. The van der Waals surface area contributed by atoms with Crippen LogP contribution in [-0.4, -0.2) is 50.7 Å². The Morgan fingerprint density at radius 2 is 1.65 bits per heavy atom. The van der Waals surface area contributed by atoms with Crippen LogP contribution in [0.5, 0.6) is 5.75 Å². The van der Waals surface area contributed by atoms with Crippen molar-refractivity contribution in [1.29, 1.82) is 0 Å². The highest BCUT2D eigenvalue weighted by Crippen LogP contribution is 2.56. The number of phenolic OH excluding ortho intramolecular Hbond substituents is 1. The molecule has 1 aromatic rings. The summed E-state index contributed by atoms with van der Waals surface area (Å²) in [7, 11) is 0. The molecule has 1 aromatic carbocycles. The summed E-state index contributed by atoms with van der Waals surface area (Å²) in [5.74, 6) is -1.92. The maximum atomic E-state index is 12.9. The Balaban J connectivity index is 2.05. The maximum absolute atomic E-state index is 12.9. The van der Waals surface area contributed by atoms with Crippen molar-refractivity contribution < 1.29 is 34.4 Å². The molecule has 3 rings (SSSR count). The second-order valence-corrected chi connectivity index (χ2v) is 9.71. The van der Waals surface area contributed by atoms with Gasteiger partial charge < -0.3 is 24.8 Å². The lowest BCUT2D eigenvalue weighted by Crippen LogP contribution is -2.53. The summed E-state index contributed by atoms with van der Waals surface area (Å²) in [4.78, 5) is 24.7. The van der Waals surface area contributed by atoms with Gasteiger partial charge in [0.2, 0.25) is 0 Å². The molecule has 3 N–H and O–H groups in total. The van der Waals surface area contributed by atoms with Crippen molar-refractivity contribution in [3.05, 3.63) is 42.0 Å². The number of hydrogen-bond donors (Lipinski definition) is 3. The molecule has 2 aliphatic carbocycles. The van der Waals surface area contributed by atoms with Gasteiger partial charge in [-0.05, 0) is 37.1 Å². The van der Waals surface area contributed by atoms with Gasteiger partial charge in [0, 0.05) is 31.1 Å². The molecule has 7 nitrogen and oxygen atoms in total. The third-order valence-electron chi connectivity index (χ3n) is 6.80. The monoisotopic (exact) mass is 432 g/mol. The summed E-state index contributed by atoms with van der Waals surface area (Å²) in [5.41, 5.74) is -3.23. The minimum Gasteiger partial charge on any atom is -0.508 e. The summed E-state index contributed by atoms with van der Waals surface area (Å²) < 4.78 is 11.5. The van der Waals surface area contributed by atoms with E-state index in [1.165, 1.54) is 31.2 Å². The van der Waals surface area contributed by atoms with Crippen LogP contribution in [0.15, 0.2) is 36.4 Å². The zero-order valence-corrected chi connectivity index (χ0v) is 18.7. The van der Waals surface area contributed by atoms with E-state index in [0.29, 0.717) is 0 Å². The van der Waals surface area contributed by atoms with Crippen molar-refractivity contribution in [3.8, 4) is 5.75 Å². The second-order valence-electron chi connectivity index (χ2n) is 9.71. The lowest BCUT2D eigenvalue weighted by Gasteiger charge is -2.45. The van der Waals surface area contributed by atoms with Crippen molar-refractivity contribution in [2.75, 3.05) is 0 Å². The first kappa shape index (κ1) is 23.3. The predicted octanol–water partition coefficient (Wildman–Crippen LogP) is 2.97. The Morgan fingerprint density at radius 1 is 1.03 bits per heavy atom. The number of fused-ring (bicyclic) bond motifs is 1. The molecule has 7 heteroatoms. The van der Waals surface area contributed by atoms with Crippen LogP contribution in [0.1, 0.15) is 57.8 Å². The molecule has 170 valence electrons. The standard InChI is InChI=1S/C24H32O7/c1-14(2)24(29)11-10-23(5)19(30-15(3)25)13-22(4,28)12-18(20(23)24)31-21(27)16-6-8-17(26)9-7-16/h6-11,14,18-20,26,28-29H,12-13H2,1-5H3/t18-,19-,20-,22+,23-,24-/m0/s1. The van der Waals surface area contributed by atoms with Gasteiger partial charge in [0.15, 0.2) is 0 Å². The Morgan fingerprint density at radius 3 is 2.19 bits per heavy atom. The molecule has 0 aliphatic heterocycles. The van der Waals surface area contributed by atoms with E-state index in [1.807, 2.05) is 26.8 Å². The second kappa shape index (κ2) is 7.95. The molecule has 0 saturated heterocycles. The molecular weight excluding hydrogens is 400 g/mol. The first-order valence-corrected chi connectivity index (χ1v) is 10.6. The number of aliphatic hydroxyl groups is 2. The molecule has 31 heavy (non-hydrogen) atoms. The normalized spacial score (nSPS) is 37.2. The molecule has 0 spiro atoms. The van der Waals surface area contributed by atoms with Crippen LogP contribution in [0.2, 0.25) is 0 Å². The van der Waals surface area contributed by atoms with Crippen molar-refractivity contribution >= 4 is 11.9 Å². The zero-order chi connectivity index (χ0) is 23.2. The van der Waals surface area contributed by atoms with E-state index in [4.69, 9.17) is 9.47 Å². The molecule has 1 saturated carbocycles. The van der Waals surface area contributed by atoms with Gasteiger partial charge in [0.25, 0.3) is 0 Å². The van der Waals surface area contributed by atoms with Crippen LogP contribution in [0, 0.1) is 17.3 Å². The van der Waals surface area contributed by atoms with E-state index in [1.54, 1.807) is 13.0 Å². The molecule has 2 aliphatic rings. The van der Waals surface area contributed by atoms with Crippen molar-refractivity contribution in [2.24, 2.45) is 17.3 Å². The fourth-order valence-corrected chi connectivity index (χ4v) is 5.11. The predicted molar refractivity (Wildman–Crippen MR) is 113 cm³/mol. The topological polar surface area (TPSA) is 113 Å². The highest BCUT2D eigenvalue weighted by Gasteiger charge is 2.63. The average molecular weight is 433 g/mol. The number of esters is 2. The van der Waals surface area contributed by atoms with Gasteiger partial charge >= 0.3 is 11.9 Å². The van der Waals surface area contributed by atoms with E-state index in [9.17, 15) is 24.9 Å². The summed E-state index contributed by atoms with van der Waals surface area (Å²) in [6.07, 6.45) is 2.21. The van der Waals surface area contributed by atoms with Gasteiger partial charge in [0.1, 0.15) is 18.0 Å². The Hall–Kier alpha value is -2.38. The van der Waals surface area contributed by atoms with Gasteiger partial charge in [-0.2, -0.15) is 0 Å². The third-order valence-corrected chi connectivity index (χ3v) is 6.80. The fourth-order valence-electron chi connectivity index (χ4n) is 5.11. The largest absolute Gasteiger partial charge is 0.508 e. The Bertz CT molecular complexity index is 872. The number of benzene rings is 1. The molecule has 0 unspecified atom stereocenters. The molecular formula is C24H32O7. The van der Waals surface area contributed by atoms with Gasteiger partial charge in [-0.3, -0.25) is 4.79 Å². The van der Waals surface area contributed by atoms with Crippen molar-refractivity contribution in [3.63, 3.8) is 0 Å². The Labute approximate surface area is 182 Å². The van der Waals surface area contributed by atoms with E-state index in [-0.39, 0.29) is 30.1 Å². The van der Waals surface area contributed by atoms with Crippen molar-refractivity contribution in [1.82, 2.24) is 0 Å². The van der Waals surface area contributed by atoms with Gasteiger partial charge in [-0.15, -0.1) is 0 Å². The van der Waals surface area contributed by atoms with E-state index < -0.39 is 46.7 Å². The molecule has 0 amide bonds. The van der Waals surface area contributed by atoms with Crippen LogP contribution >= 0.6 is 0 Å². The van der Waals surface area contributed by atoms with E-state index in [0.717, 1.165) is 0 Å². The minimum atomic E-state index is -1.33. The number of carbonyl (C=O) groups is 2. The number of aromatic hydroxyl groups is 1. The summed E-state index contributed by atoms with van der Waals surface area (Å²) in [5, 5.41) is 32.2. The van der Waals surface area contributed by atoms with Gasteiger partial charge in [-0.25, -0.2) is 4.79 Å². The number of phenols is 1. The minimum absolute atomic E-state index is 0.0277. The third kappa shape index (κ3) is 4.34. The summed E-state index contributed by atoms with van der Waals surface area (Å²) in [6, 6.07) is 5.69. The number of hydrogen-bond acceptors (Lipinski definition) is 7. The SMILES string of the molecule is CC(=O)O[C@H]1C[C@](C)(O)C[C@H](OC(=O)c2ccc(O)cc2)[C@H]2[C@@]1(C)C=C[C@]2(O)C(C)C. The molecule has 0 heterocycles. The quantitative estimate of drug-likeness (QED) is 0.495. The van der Waals surface area contributed by atoms with Gasteiger partial charge in [-0.1, -0.05) is 32.9 Å². The average Bonchev–Trinajstić information content (AvgIpc) is 2.89. The smallest absolute Gasteiger partial charge is 0.338 e. The lowest BCUT2D eigenvalue weighted by atomic mass is 9.65. The molecule has 0 bridgehead atoms. The van der Waals surface area contributed by atoms with Crippen LogP contribution in [-0.2, 0) is 14.3 Å². The zero-order valence-electron chi connectivity index (χ0n) is 18.7. The highest BCUT2D eigenvalue weighted by atomic mass is 16.6. The van der Waals surface area contributed by atoms with Crippen LogP contribution in [0.3, 0.4) is 0 Å². The van der Waals surface area contributed by atoms with Crippen LogP contribution in [0.4, 0.5) is 0 Å². The van der Waals surface area contributed by atoms with Crippen LogP contribution in [0.25, 0.3) is 0 Å². The van der Waals surface area contributed by atoms with Crippen LogP contribution < -0.4 is 0 Å². The summed E-state index contributed by atoms with van der Waals surface area (Å²) in [6.45, 7) is 8.55. The lowest BCUT2D eigenvalue weighted by molar-refractivity contribution is -0.162. The number of rotatable bonds is 4. The highest BCUT2D eigenvalue weighted by molar-refractivity contribution is 5.89. The molecule has 1 fully saturated rings. The maximum Gasteiger partial charge on any atom is 0.338 e. The van der Waals surface area contributed by atoms with E-state index in [2.05, 4.69) is 0 Å². The number of ether oxygens (including phenoxy) is 2.